The van der Waals surface area contributed by atoms with Crippen molar-refractivity contribution in [2.24, 2.45) is 0 Å². The number of amides is 1. The van der Waals surface area contributed by atoms with Crippen molar-refractivity contribution in [2.75, 3.05) is 24.2 Å². The van der Waals surface area contributed by atoms with E-state index in [4.69, 9.17) is 26.6 Å². The maximum atomic E-state index is 15.1. The van der Waals surface area contributed by atoms with Crippen molar-refractivity contribution in [2.45, 2.75) is 39.2 Å². The fourth-order valence-electron chi connectivity index (χ4n) is 3.85. The molecule has 12 heteroatoms. The summed E-state index contributed by atoms with van der Waals surface area (Å²) in [6.45, 7) is 5.93. The van der Waals surface area contributed by atoms with Gasteiger partial charge in [-0.2, -0.15) is 4.98 Å². The van der Waals surface area contributed by atoms with Gasteiger partial charge in [-0.25, -0.2) is 14.4 Å². The standard InChI is InChI=1S/C21H23ClFN7O3/c1-4-32-18-12(6-13(22)17(23)15(18)11-5-14(31)25-7-11)9(2)28-20-16(19(24)26-8-27-20)21-29-10(3)30-33-21/h6,8-9,11H,4-5,7H2,1-3H3,(H,25,31)(H3,24,26,27,28). The highest BCUT2D eigenvalue weighted by atomic mass is 35.5. The summed E-state index contributed by atoms with van der Waals surface area (Å²) >= 11 is 6.27. The van der Waals surface area contributed by atoms with Crippen molar-refractivity contribution >= 4 is 29.1 Å². The second-order valence-electron chi connectivity index (χ2n) is 7.64. The molecule has 4 N–H and O–H groups in total. The quantitative estimate of drug-likeness (QED) is 0.468. The third-order valence-electron chi connectivity index (χ3n) is 5.35. The molecule has 1 aliphatic rings. The number of anilines is 2. The van der Waals surface area contributed by atoms with E-state index in [0.29, 0.717) is 41.7 Å². The van der Waals surface area contributed by atoms with Gasteiger partial charge in [0.25, 0.3) is 5.89 Å². The Labute approximate surface area is 194 Å². The molecule has 1 aromatic carbocycles. The number of aromatic nitrogens is 4. The number of aryl methyl sites for hydroxylation is 1. The highest BCUT2D eigenvalue weighted by molar-refractivity contribution is 6.31. The fourth-order valence-corrected chi connectivity index (χ4v) is 4.07. The first-order valence-electron chi connectivity index (χ1n) is 10.4. The van der Waals surface area contributed by atoms with Gasteiger partial charge in [-0.1, -0.05) is 16.8 Å². The van der Waals surface area contributed by atoms with E-state index in [0.717, 1.165) is 0 Å². The molecule has 1 aliphatic heterocycles. The Kier molecular flexibility index (Phi) is 6.32. The summed E-state index contributed by atoms with van der Waals surface area (Å²) in [7, 11) is 0. The second kappa shape index (κ2) is 9.18. The van der Waals surface area contributed by atoms with Crippen molar-refractivity contribution < 1.29 is 18.4 Å². The lowest BCUT2D eigenvalue weighted by molar-refractivity contribution is -0.119. The van der Waals surface area contributed by atoms with Crippen LogP contribution in [0.15, 0.2) is 16.9 Å². The summed E-state index contributed by atoms with van der Waals surface area (Å²) < 4.78 is 26.3. The first-order chi connectivity index (χ1) is 15.8. The first-order valence-corrected chi connectivity index (χ1v) is 10.8. The van der Waals surface area contributed by atoms with Crippen molar-refractivity contribution in [3.63, 3.8) is 0 Å². The number of carbonyl (C=O) groups excluding carboxylic acids is 1. The number of hydrogen-bond donors (Lipinski definition) is 3. The van der Waals surface area contributed by atoms with Gasteiger partial charge in [0.15, 0.2) is 5.82 Å². The summed E-state index contributed by atoms with van der Waals surface area (Å²) in [4.78, 5) is 24.3. The topological polar surface area (TPSA) is 141 Å². The van der Waals surface area contributed by atoms with Gasteiger partial charge in [0.2, 0.25) is 5.91 Å². The number of nitrogen functional groups attached to an aromatic ring is 1. The van der Waals surface area contributed by atoms with Crippen LogP contribution in [0, 0.1) is 12.7 Å². The maximum Gasteiger partial charge on any atom is 0.265 e. The van der Waals surface area contributed by atoms with Crippen LogP contribution in [0.5, 0.6) is 5.75 Å². The van der Waals surface area contributed by atoms with Crippen LogP contribution < -0.4 is 21.1 Å². The van der Waals surface area contributed by atoms with Crippen LogP contribution >= 0.6 is 11.6 Å². The zero-order chi connectivity index (χ0) is 23.7. The van der Waals surface area contributed by atoms with Crippen molar-refractivity contribution in [1.29, 1.82) is 0 Å². The van der Waals surface area contributed by atoms with Gasteiger partial charge in [-0.05, 0) is 26.8 Å². The minimum Gasteiger partial charge on any atom is -0.493 e. The van der Waals surface area contributed by atoms with E-state index in [-0.39, 0.29) is 34.6 Å². The predicted octanol–water partition coefficient (Wildman–Crippen LogP) is 3.39. The molecule has 3 heterocycles. The van der Waals surface area contributed by atoms with Gasteiger partial charge >= 0.3 is 0 Å². The van der Waals surface area contributed by atoms with E-state index in [1.54, 1.807) is 13.8 Å². The average Bonchev–Trinajstić information content (AvgIpc) is 3.39. The predicted molar refractivity (Wildman–Crippen MR) is 119 cm³/mol. The van der Waals surface area contributed by atoms with Crippen LogP contribution in [-0.2, 0) is 4.79 Å². The summed E-state index contributed by atoms with van der Waals surface area (Å²) in [6.07, 6.45) is 1.46. The van der Waals surface area contributed by atoms with Crippen LogP contribution in [0.4, 0.5) is 16.0 Å². The molecule has 0 aliphatic carbocycles. The van der Waals surface area contributed by atoms with Crippen LogP contribution in [0.1, 0.15) is 49.2 Å². The summed E-state index contributed by atoms with van der Waals surface area (Å²) in [5.41, 5.74) is 7.29. The van der Waals surface area contributed by atoms with E-state index >= 15 is 4.39 Å². The third-order valence-corrected chi connectivity index (χ3v) is 5.62. The minimum absolute atomic E-state index is 0.0635. The molecule has 1 amide bonds. The van der Waals surface area contributed by atoms with Crippen LogP contribution in [0.2, 0.25) is 5.02 Å². The molecule has 33 heavy (non-hydrogen) atoms. The number of hydrogen-bond acceptors (Lipinski definition) is 9. The van der Waals surface area contributed by atoms with E-state index in [9.17, 15) is 4.79 Å². The number of benzene rings is 1. The molecule has 174 valence electrons. The zero-order valence-electron chi connectivity index (χ0n) is 18.3. The van der Waals surface area contributed by atoms with Gasteiger partial charge in [0.1, 0.15) is 35.1 Å². The fraction of sp³-hybridized carbons (Fsp3) is 0.381. The first kappa shape index (κ1) is 22.7. The highest BCUT2D eigenvalue weighted by Gasteiger charge is 2.32. The second-order valence-corrected chi connectivity index (χ2v) is 8.05. The smallest absolute Gasteiger partial charge is 0.265 e. The molecule has 0 saturated carbocycles. The Balaban J connectivity index is 1.77. The lowest BCUT2D eigenvalue weighted by Gasteiger charge is -2.24. The Hall–Kier alpha value is -3.47. The lowest BCUT2D eigenvalue weighted by Crippen LogP contribution is -2.16. The number of halogens is 2. The number of nitrogens with zero attached hydrogens (tertiary/aromatic N) is 4. The molecule has 1 saturated heterocycles. The number of rotatable bonds is 7. The molecule has 3 aromatic rings. The van der Waals surface area contributed by atoms with Crippen LogP contribution in [0.25, 0.3) is 11.5 Å². The Morgan fingerprint density at radius 2 is 2.24 bits per heavy atom. The normalized spacial score (nSPS) is 16.5. The van der Waals surface area contributed by atoms with E-state index in [1.807, 2.05) is 6.92 Å². The SMILES string of the molecule is CCOc1c(C(C)Nc2ncnc(N)c2-c2nc(C)no2)cc(Cl)c(F)c1C1CNC(=O)C1. The zero-order valence-corrected chi connectivity index (χ0v) is 19.0. The van der Waals surface area contributed by atoms with Crippen LogP contribution in [-0.4, -0.2) is 39.2 Å². The molecule has 2 atom stereocenters. The van der Waals surface area contributed by atoms with E-state index in [1.165, 1.54) is 12.4 Å². The third kappa shape index (κ3) is 4.40. The van der Waals surface area contributed by atoms with Gasteiger partial charge in [-0.15, -0.1) is 0 Å². The van der Waals surface area contributed by atoms with Gasteiger partial charge in [0.05, 0.1) is 17.7 Å². The Bertz CT molecular complexity index is 1200. The van der Waals surface area contributed by atoms with Gasteiger partial charge in [-0.3, -0.25) is 4.79 Å². The highest BCUT2D eigenvalue weighted by Crippen LogP contribution is 2.42. The molecule has 2 aromatic heterocycles. The summed E-state index contributed by atoms with van der Waals surface area (Å²) in [5.74, 6) is 0.312. The summed E-state index contributed by atoms with van der Waals surface area (Å²) in [6, 6.07) is 1.06. The van der Waals surface area contributed by atoms with Crippen LogP contribution in [0.3, 0.4) is 0 Å². The summed E-state index contributed by atoms with van der Waals surface area (Å²) in [5, 5.41) is 9.71. The Morgan fingerprint density at radius 1 is 1.45 bits per heavy atom. The van der Waals surface area contributed by atoms with Gasteiger partial charge in [0, 0.05) is 30.0 Å². The van der Waals surface area contributed by atoms with E-state index < -0.39 is 17.8 Å². The molecule has 1 fully saturated rings. The van der Waals surface area contributed by atoms with Crippen molar-refractivity contribution in [1.82, 2.24) is 25.4 Å². The Morgan fingerprint density at radius 3 is 2.88 bits per heavy atom. The molecule has 0 spiro atoms. The molecule has 0 radical (unpaired) electrons. The lowest BCUT2D eigenvalue weighted by atomic mass is 9.92. The largest absolute Gasteiger partial charge is 0.493 e. The molecule has 10 nitrogen and oxygen atoms in total. The van der Waals surface area contributed by atoms with Crippen molar-refractivity contribution in [3.05, 3.63) is 40.2 Å². The molecule has 4 rings (SSSR count). The number of nitrogens with one attached hydrogen (secondary N) is 2. The average molecular weight is 476 g/mol. The monoisotopic (exact) mass is 475 g/mol. The number of nitrogens with two attached hydrogens (primary N) is 1. The minimum atomic E-state index is -0.592. The van der Waals surface area contributed by atoms with Gasteiger partial charge < -0.3 is 25.6 Å². The molecular weight excluding hydrogens is 453 g/mol. The molecular formula is C21H23ClFN7O3. The van der Waals surface area contributed by atoms with Crippen molar-refractivity contribution in [3.8, 4) is 17.2 Å². The number of carbonyl (C=O) groups is 1. The van der Waals surface area contributed by atoms with E-state index in [2.05, 4.69) is 30.7 Å². The maximum absolute atomic E-state index is 15.1. The molecule has 2 unspecified atom stereocenters. The molecule has 0 bridgehead atoms. The number of ether oxygens (including phenoxy) is 1.